The van der Waals surface area contributed by atoms with E-state index in [0.717, 1.165) is 31.8 Å². The van der Waals surface area contributed by atoms with Crippen molar-refractivity contribution >= 4 is 17.5 Å². The number of hydrogen-bond acceptors (Lipinski definition) is 3. The molecule has 1 unspecified atom stereocenters. The molecule has 1 aromatic heterocycles. The number of halogens is 2. The van der Waals surface area contributed by atoms with E-state index in [4.69, 9.17) is 11.6 Å². The first-order chi connectivity index (χ1) is 6.68. The Bertz CT molecular complexity index is 263. The lowest BCUT2D eigenvalue weighted by Gasteiger charge is -2.04. The van der Waals surface area contributed by atoms with Crippen molar-refractivity contribution in [1.82, 2.24) is 9.97 Å². The van der Waals surface area contributed by atoms with Crippen LogP contribution in [0.25, 0.3) is 0 Å². The average Bonchev–Trinajstić information content (AvgIpc) is 2.15. The second-order valence-electron chi connectivity index (χ2n) is 3.07. The smallest absolute Gasteiger partial charge is 0.222 e. The highest BCUT2D eigenvalue weighted by Crippen LogP contribution is 2.04. The number of nitrogens with one attached hydrogen (secondary N) is 1. The van der Waals surface area contributed by atoms with E-state index < -0.39 is 5.82 Å². The van der Waals surface area contributed by atoms with Crippen LogP contribution in [-0.4, -0.2) is 21.9 Å². The quantitative estimate of drug-likeness (QED) is 0.608. The van der Waals surface area contributed by atoms with Gasteiger partial charge >= 0.3 is 0 Å². The van der Waals surface area contributed by atoms with E-state index in [1.807, 2.05) is 6.92 Å². The summed E-state index contributed by atoms with van der Waals surface area (Å²) >= 11 is 5.77. The van der Waals surface area contributed by atoms with Crippen LogP contribution in [0.2, 0.25) is 0 Å². The molecule has 0 aliphatic heterocycles. The molecule has 0 spiro atoms. The van der Waals surface area contributed by atoms with Gasteiger partial charge in [0.05, 0.1) is 12.4 Å². The van der Waals surface area contributed by atoms with Crippen LogP contribution in [-0.2, 0) is 0 Å². The van der Waals surface area contributed by atoms with E-state index in [9.17, 15) is 4.39 Å². The summed E-state index contributed by atoms with van der Waals surface area (Å²) in [5.74, 6) is 0.0264. The standard InChI is InChI=1S/C9H13ClFN3/c1-7(10)3-2-4-12-9-13-5-8(11)6-14-9/h5-7H,2-4H2,1H3,(H,12,13,14). The largest absolute Gasteiger partial charge is 0.354 e. The van der Waals surface area contributed by atoms with Crippen molar-refractivity contribution in [2.75, 3.05) is 11.9 Å². The van der Waals surface area contributed by atoms with Gasteiger partial charge in [0.2, 0.25) is 5.95 Å². The third-order valence-electron chi connectivity index (χ3n) is 1.68. The molecule has 3 nitrogen and oxygen atoms in total. The molecule has 1 N–H and O–H groups in total. The molecule has 0 aliphatic carbocycles. The van der Waals surface area contributed by atoms with Crippen molar-refractivity contribution in [3.05, 3.63) is 18.2 Å². The third-order valence-corrected chi connectivity index (χ3v) is 1.90. The van der Waals surface area contributed by atoms with E-state index in [1.54, 1.807) is 0 Å². The third kappa shape index (κ3) is 4.37. The fourth-order valence-corrected chi connectivity index (χ4v) is 1.14. The summed E-state index contributed by atoms with van der Waals surface area (Å²) in [5, 5.41) is 3.17. The number of alkyl halides is 1. The van der Waals surface area contributed by atoms with Crippen molar-refractivity contribution in [3.63, 3.8) is 0 Å². The fraction of sp³-hybridized carbons (Fsp3) is 0.556. The highest BCUT2D eigenvalue weighted by atomic mass is 35.5. The predicted molar refractivity (Wildman–Crippen MR) is 55.0 cm³/mol. The van der Waals surface area contributed by atoms with Crippen molar-refractivity contribution in [1.29, 1.82) is 0 Å². The van der Waals surface area contributed by atoms with Gasteiger partial charge in [0.15, 0.2) is 5.82 Å². The molecule has 0 saturated carbocycles. The van der Waals surface area contributed by atoms with E-state index in [2.05, 4.69) is 15.3 Å². The summed E-state index contributed by atoms with van der Waals surface area (Å²) in [6, 6.07) is 0. The molecule has 5 heteroatoms. The van der Waals surface area contributed by atoms with E-state index >= 15 is 0 Å². The lowest BCUT2D eigenvalue weighted by atomic mass is 10.2. The van der Waals surface area contributed by atoms with Gasteiger partial charge in [-0.1, -0.05) is 0 Å². The van der Waals surface area contributed by atoms with Gasteiger partial charge in [-0.15, -0.1) is 11.6 Å². The molecule has 78 valence electrons. The van der Waals surface area contributed by atoms with E-state index in [-0.39, 0.29) is 5.38 Å². The molecule has 0 bridgehead atoms. The van der Waals surface area contributed by atoms with Crippen LogP contribution in [0.1, 0.15) is 19.8 Å². The number of rotatable bonds is 5. The van der Waals surface area contributed by atoms with Gasteiger partial charge < -0.3 is 5.32 Å². The zero-order chi connectivity index (χ0) is 10.4. The van der Waals surface area contributed by atoms with Gasteiger partial charge in [-0.3, -0.25) is 0 Å². The monoisotopic (exact) mass is 217 g/mol. The Morgan fingerprint density at radius 1 is 1.50 bits per heavy atom. The number of nitrogens with zero attached hydrogens (tertiary/aromatic N) is 2. The molecule has 0 radical (unpaired) electrons. The van der Waals surface area contributed by atoms with E-state index in [0.29, 0.717) is 5.95 Å². The first kappa shape index (κ1) is 11.2. The maximum Gasteiger partial charge on any atom is 0.222 e. The first-order valence-electron chi connectivity index (χ1n) is 4.54. The molecule has 1 rings (SSSR count). The highest BCUT2D eigenvalue weighted by molar-refractivity contribution is 6.20. The van der Waals surface area contributed by atoms with Crippen LogP contribution in [0.5, 0.6) is 0 Å². The second kappa shape index (κ2) is 5.75. The number of aromatic nitrogens is 2. The minimum absolute atomic E-state index is 0.186. The Morgan fingerprint density at radius 2 is 2.14 bits per heavy atom. The summed E-state index contributed by atoms with van der Waals surface area (Å²) in [6.45, 7) is 2.71. The lowest BCUT2D eigenvalue weighted by Crippen LogP contribution is -2.06. The van der Waals surface area contributed by atoms with Gasteiger partial charge in [0, 0.05) is 11.9 Å². The van der Waals surface area contributed by atoms with Crippen LogP contribution in [0, 0.1) is 5.82 Å². The fourth-order valence-electron chi connectivity index (χ4n) is 0.987. The molecule has 14 heavy (non-hydrogen) atoms. The van der Waals surface area contributed by atoms with Crippen molar-refractivity contribution < 1.29 is 4.39 Å². The minimum Gasteiger partial charge on any atom is -0.354 e. The maximum atomic E-state index is 12.4. The van der Waals surface area contributed by atoms with Crippen LogP contribution in [0.4, 0.5) is 10.3 Å². The molecule has 0 aliphatic rings. The molecular formula is C9H13ClFN3. The second-order valence-corrected chi connectivity index (χ2v) is 3.82. The zero-order valence-corrected chi connectivity index (χ0v) is 8.76. The molecular weight excluding hydrogens is 205 g/mol. The lowest BCUT2D eigenvalue weighted by molar-refractivity contribution is 0.613. The van der Waals surface area contributed by atoms with Gasteiger partial charge in [0.1, 0.15) is 0 Å². The summed E-state index contributed by atoms with van der Waals surface area (Å²) in [6.07, 6.45) is 4.17. The number of anilines is 1. The average molecular weight is 218 g/mol. The van der Waals surface area contributed by atoms with Crippen LogP contribution >= 0.6 is 11.6 Å². The Balaban J connectivity index is 2.21. The topological polar surface area (TPSA) is 37.8 Å². The Labute approximate surface area is 87.7 Å². The Kier molecular flexibility index (Phi) is 4.59. The van der Waals surface area contributed by atoms with Gasteiger partial charge in [0.25, 0.3) is 0 Å². The molecule has 0 saturated heterocycles. The summed E-state index contributed by atoms with van der Waals surface area (Å²) in [7, 11) is 0. The van der Waals surface area contributed by atoms with Crippen LogP contribution in [0.15, 0.2) is 12.4 Å². The minimum atomic E-state index is -0.426. The molecule has 0 amide bonds. The molecule has 1 atom stereocenters. The SMILES string of the molecule is CC(Cl)CCCNc1ncc(F)cn1. The summed E-state index contributed by atoms with van der Waals surface area (Å²) in [5.41, 5.74) is 0. The van der Waals surface area contributed by atoms with Crippen LogP contribution in [0.3, 0.4) is 0 Å². The van der Waals surface area contributed by atoms with Gasteiger partial charge in [-0.05, 0) is 19.8 Å². The molecule has 1 aromatic rings. The maximum absolute atomic E-state index is 12.4. The van der Waals surface area contributed by atoms with Crippen molar-refractivity contribution in [2.45, 2.75) is 25.1 Å². The summed E-state index contributed by atoms with van der Waals surface area (Å²) in [4.78, 5) is 7.53. The molecule has 0 aromatic carbocycles. The molecule has 1 heterocycles. The predicted octanol–water partition coefficient (Wildman–Crippen LogP) is 2.44. The van der Waals surface area contributed by atoms with E-state index in [1.165, 1.54) is 0 Å². The van der Waals surface area contributed by atoms with Gasteiger partial charge in [-0.25, -0.2) is 14.4 Å². The normalized spacial score (nSPS) is 12.5. The van der Waals surface area contributed by atoms with Crippen LogP contribution < -0.4 is 5.32 Å². The Morgan fingerprint density at radius 3 is 2.71 bits per heavy atom. The first-order valence-corrected chi connectivity index (χ1v) is 4.97. The zero-order valence-electron chi connectivity index (χ0n) is 8.00. The van der Waals surface area contributed by atoms with Crippen molar-refractivity contribution in [2.24, 2.45) is 0 Å². The highest BCUT2D eigenvalue weighted by Gasteiger charge is 1.98. The van der Waals surface area contributed by atoms with Crippen molar-refractivity contribution in [3.8, 4) is 0 Å². The Hall–Kier alpha value is -0.900. The number of hydrogen-bond donors (Lipinski definition) is 1. The van der Waals surface area contributed by atoms with Gasteiger partial charge in [-0.2, -0.15) is 0 Å². The molecule has 0 fully saturated rings. The summed E-state index contributed by atoms with van der Waals surface area (Å²) < 4.78 is 12.4.